The lowest BCUT2D eigenvalue weighted by Gasteiger charge is -2.50. The third-order valence-corrected chi connectivity index (χ3v) is 9.83. The maximum atomic E-state index is 14.8. The van der Waals surface area contributed by atoms with Crippen molar-refractivity contribution in [3.05, 3.63) is 69.8 Å². The number of ketones is 1. The number of benzene rings is 2. The summed E-state index contributed by atoms with van der Waals surface area (Å²) in [6.07, 6.45) is 7.06. The largest absolute Gasteiger partial charge is 0.361 e. The van der Waals surface area contributed by atoms with Crippen LogP contribution in [0, 0.1) is 0 Å². The molecule has 0 saturated carbocycles. The number of aromatic nitrogens is 1. The molecule has 42 heavy (non-hydrogen) atoms. The Morgan fingerprint density at radius 3 is 2.33 bits per heavy atom. The first-order chi connectivity index (χ1) is 20.1. The van der Waals surface area contributed by atoms with Crippen molar-refractivity contribution >= 4 is 51.7 Å². The number of nitrogens with zero attached hydrogens (tertiary/aromatic N) is 3. The monoisotopic (exact) mass is 611 g/mol. The fourth-order valence-electron chi connectivity index (χ4n) is 6.85. The first-order valence-electron chi connectivity index (χ1n) is 14.7. The van der Waals surface area contributed by atoms with Crippen LogP contribution in [-0.4, -0.2) is 75.0 Å². The van der Waals surface area contributed by atoms with E-state index in [0.29, 0.717) is 40.3 Å². The molecule has 3 aromatic rings. The molecule has 0 aliphatic carbocycles. The highest BCUT2D eigenvalue weighted by Gasteiger charge is 2.57. The topological polar surface area (TPSA) is 103 Å². The fourth-order valence-corrected chi connectivity index (χ4v) is 7.17. The number of halogens is 2. The molecule has 2 aliphatic heterocycles. The molecule has 2 atom stereocenters. The SMILES string of the molecule is CC(=O)N(Cc1ccc(Cl)c(Cl)c1)C(=O)C(C(C)=O)(C(N)c1c[nH]c2ccccc12)N1CCC(N2CCCCC2)CC1. The molecule has 8 nitrogen and oxygen atoms in total. The van der Waals surface area contributed by atoms with E-state index in [1.807, 2.05) is 29.2 Å². The minimum Gasteiger partial charge on any atom is -0.361 e. The number of Topliss-reactive ketones (excluding diaryl/α,β-unsaturated/α-hetero) is 1. The average molecular weight is 613 g/mol. The number of fused-ring (bicyclic) bond motifs is 1. The fraction of sp³-hybridized carbons (Fsp3) is 0.469. The van der Waals surface area contributed by atoms with Gasteiger partial charge < -0.3 is 15.6 Å². The van der Waals surface area contributed by atoms with Gasteiger partial charge in [-0.15, -0.1) is 0 Å². The standard InChI is InChI=1S/C32H39Cl2N5O3/c1-21(40)32(30(35)26-19-36-29-9-5-4-8-25(26)29,38-16-12-24(13-17-38)37-14-6-3-7-15-37)31(42)39(22(2)41)20-23-10-11-27(33)28(34)18-23/h4-5,8-11,18-19,24,30,36H,3,6-7,12-17,20,35H2,1-2H3. The molecule has 2 saturated heterocycles. The highest BCUT2D eigenvalue weighted by Crippen LogP contribution is 2.39. The van der Waals surface area contributed by atoms with Crippen molar-refractivity contribution in [1.82, 2.24) is 19.7 Å². The minimum absolute atomic E-state index is 0.0646. The molecule has 5 rings (SSSR count). The van der Waals surface area contributed by atoms with Gasteiger partial charge in [0.2, 0.25) is 5.91 Å². The van der Waals surface area contributed by atoms with Gasteiger partial charge in [0.15, 0.2) is 11.3 Å². The van der Waals surface area contributed by atoms with E-state index in [1.165, 1.54) is 33.1 Å². The van der Waals surface area contributed by atoms with E-state index in [-0.39, 0.29) is 12.3 Å². The first kappa shape index (κ1) is 30.7. The Balaban J connectivity index is 1.56. The van der Waals surface area contributed by atoms with Crippen molar-refractivity contribution < 1.29 is 14.4 Å². The van der Waals surface area contributed by atoms with E-state index in [1.54, 1.807) is 24.4 Å². The lowest BCUT2D eigenvalue weighted by molar-refractivity contribution is -0.160. The number of carbonyl (C=O) groups excluding carboxylic acids is 3. The third kappa shape index (κ3) is 5.75. The zero-order chi connectivity index (χ0) is 30.0. The zero-order valence-corrected chi connectivity index (χ0v) is 25.8. The van der Waals surface area contributed by atoms with Crippen LogP contribution in [0.3, 0.4) is 0 Å². The van der Waals surface area contributed by atoms with Crippen molar-refractivity contribution in [2.24, 2.45) is 5.73 Å². The quantitative estimate of drug-likeness (QED) is 0.334. The van der Waals surface area contributed by atoms with Crippen LogP contribution in [0.1, 0.15) is 63.1 Å². The van der Waals surface area contributed by atoms with Gasteiger partial charge >= 0.3 is 0 Å². The highest BCUT2D eigenvalue weighted by atomic mass is 35.5. The number of rotatable bonds is 8. The Labute approximate surface area is 257 Å². The highest BCUT2D eigenvalue weighted by molar-refractivity contribution is 6.42. The molecule has 2 amide bonds. The van der Waals surface area contributed by atoms with E-state index in [9.17, 15) is 14.4 Å². The van der Waals surface area contributed by atoms with Crippen molar-refractivity contribution in [2.75, 3.05) is 26.2 Å². The molecule has 3 N–H and O–H groups in total. The molecule has 0 radical (unpaired) electrons. The molecular formula is C32H39Cl2N5O3. The molecule has 10 heteroatoms. The third-order valence-electron chi connectivity index (χ3n) is 9.09. The van der Waals surface area contributed by atoms with Crippen LogP contribution in [0.5, 0.6) is 0 Å². The molecule has 2 aromatic carbocycles. The second-order valence-corrected chi connectivity index (χ2v) is 12.4. The van der Waals surface area contributed by atoms with E-state index >= 15 is 0 Å². The van der Waals surface area contributed by atoms with Crippen LogP contribution in [0.4, 0.5) is 0 Å². The maximum absolute atomic E-state index is 14.8. The molecule has 3 heterocycles. The Hall–Kier alpha value is -2.75. The first-order valence-corrected chi connectivity index (χ1v) is 15.5. The summed E-state index contributed by atoms with van der Waals surface area (Å²) in [6, 6.07) is 12.0. The summed E-state index contributed by atoms with van der Waals surface area (Å²) in [7, 11) is 0. The number of imide groups is 1. The van der Waals surface area contributed by atoms with Crippen molar-refractivity contribution in [1.29, 1.82) is 0 Å². The van der Waals surface area contributed by atoms with Crippen LogP contribution in [0.15, 0.2) is 48.7 Å². The van der Waals surface area contributed by atoms with Gasteiger partial charge in [-0.05, 0) is 75.0 Å². The van der Waals surface area contributed by atoms with Crippen LogP contribution >= 0.6 is 23.2 Å². The van der Waals surface area contributed by atoms with Crippen molar-refractivity contribution in [2.45, 2.75) is 70.1 Å². The number of para-hydroxylation sites is 1. The number of nitrogens with one attached hydrogen (secondary N) is 1. The zero-order valence-electron chi connectivity index (χ0n) is 24.2. The van der Waals surface area contributed by atoms with Gasteiger partial charge in [0.1, 0.15) is 0 Å². The number of likely N-dealkylation sites (tertiary alicyclic amines) is 2. The van der Waals surface area contributed by atoms with E-state index in [0.717, 1.165) is 41.7 Å². The predicted octanol–water partition coefficient (Wildman–Crippen LogP) is 5.33. The molecule has 2 fully saturated rings. The lowest BCUT2D eigenvalue weighted by atomic mass is 9.77. The Kier molecular flexibility index (Phi) is 9.40. The van der Waals surface area contributed by atoms with Gasteiger partial charge in [0, 0.05) is 43.2 Å². The summed E-state index contributed by atoms with van der Waals surface area (Å²) in [5, 5.41) is 1.53. The van der Waals surface area contributed by atoms with Crippen molar-refractivity contribution in [3.8, 4) is 0 Å². The summed E-state index contributed by atoms with van der Waals surface area (Å²) in [4.78, 5) is 50.8. The van der Waals surface area contributed by atoms with Gasteiger partial charge in [0.05, 0.1) is 22.6 Å². The van der Waals surface area contributed by atoms with E-state index < -0.39 is 23.4 Å². The van der Waals surface area contributed by atoms with Crippen LogP contribution in [-0.2, 0) is 20.9 Å². The number of carbonyl (C=O) groups is 3. The summed E-state index contributed by atoms with van der Waals surface area (Å²) >= 11 is 12.4. The minimum atomic E-state index is -1.79. The van der Waals surface area contributed by atoms with Gasteiger partial charge in [-0.25, -0.2) is 0 Å². The number of nitrogens with two attached hydrogens (primary N) is 1. The predicted molar refractivity (Wildman–Crippen MR) is 166 cm³/mol. The van der Waals surface area contributed by atoms with Crippen LogP contribution in [0.25, 0.3) is 10.9 Å². The van der Waals surface area contributed by atoms with Crippen LogP contribution in [0.2, 0.25) is 10.0 Å². The molecule has 224 valence electrons. The van der Waals surface area contributed by atoms with Gasteiger partial charge in [-0.2, -0.15) is 0 Å². The number of aromatic amines is 1. The summed E-state index contributed by atoms with van der Waals surface area (Å²) in [5.74, 6) is -1.49. The van der Waals surface area contributed by atoms with Crippen LogP contribution < -0.4 is 5.73 Å². The maximum Gasteiger partial charge on any atom is 0.259 e. The van der Waals surface area contributed by atoms with Gasteiger partial charge in [-0.1, -0.05) is 53.9 Å². The molecule has 1 aromatic heterocycles. The summed E-state index contributed by atoms with van der Waals surface area (Å²) < 4.78 is 0. The summed E-state index contributed by atoms with van der Waals surface area (Å²) in [6.45, 7) is 5.88. The Morgan fingerprint density at radius 1 is 1.00 bits per heavy atom. The normalized spacial score (nSPS) is 19.4. The van der Waals surface area contributed by atoms with E-state index in [4.69, 9.17) is 28.9 Å². The van der Waals surface area contributed by atoms with E-state index in [2.05, 4.69) is 9.88 Å². The Morgan fingerprint density at radius 2 is 1.69 bits per heavy atom. The molecular weight excluding hydrogens is 573 g/mol. The number of hydrogen-bond acceptors (Lipinski definition) is 6. The second kappa shape index (κ2) is 12.9. The van der Waals surface area contributed by atoms with Crippen molar-refractivity contribution in [3.63, 3.8) is 0 Å². The smallest absolute Gasteiger partial charge is 0.259 e. The molecule has 0 spiro atoms. The average Bonchev–Trinajstić information content (AvgIpc) is 3.42. The number of piperidine rings is 2. The second-order valence-electron chi connectivity index (χ2n) is 11.6. The molecule has 2 unspecified atom stereocenters. The Bertz CT molecular complexity index is 1460. The molecule has 2 aliphatic rings. The van der Waals surface area contributed by atoms with Gasteiger partial charge in [-0.3, -0.25) is 24.2 Å². The number of amides is 2. The summed E-state index contributed by atoms with van der Waals surface area (Å²) in [5.41, 5.74) is 7.42. The lowest BCUT2D eigenvalue weighted by Crippen LogP contribution is -2.70. The molecule has 0 bridgehead atoms. The number of H-pyrrole nitrogens is 1. The van der Waals surface area contributed by atoms with Gasteiger partial charge in [0.25, 0.3) is 5.91 Å². The number of hydrogen-bond donors (Lipinski definition) is 2.